The highest BCUT2D eigenvalue weighted by atomic mass is 16.2. The second kappa shape index (κ2) is 6.31. The number of rotatable bonds is 3. The highest BCUT2D eigenvalue weighted by Crippen LogP contribution is 2.19. The second-order valence-electron chi connectivity index (χ2n) is 5.33. The van der Waals surface area contributed by atoms with Crippen molar-refractivity contribution in [3.63, 3.8) is 0 Å². The van der Waals surface area contributed by atoms with E-state index < -0.39 is 0 Å². The Morgan fingerprint density at radius 3 is 2.36 bits per heavy atom. The quantitative estimate of drug-likeness (QED) is 0.756. The summed E-state index contributed by atoms with van der Waals surface area (Å²) in [6.07, 6.45) is 0. The molecule has 0 spiro atoms. The molecule has 3 aromatic rings. The summed E-state index contributed by atoms with van der Waals surface area (Å²) in [5, 5.41) is 5.22. The van der Waals surface area contributed by atoms with Gasteiger partial charge in [0.05, 0.1) is 0 Å². The van der Waals surface area contributed by atoms with Crippen molar-refractivity contribution < 1.29 is 4.79 Å². The number of anilines is 1. The maximum absolute atomic E-state index is 12.3. The van der Waals surface area contributed by atoms with Crippen molar-refractivity contribution in [2.24, 2.45) is 0 Å². The number of amides is 2. The summed E-state index contributed by atoms with van der Waals surface area (Å²) in [6, 6.07) is 23.9. The highest BCUT2D eigenvalue weighted by Gasteiger charge is 2.09. The lowest BCUT2D eigenvalue weighted by Gasteiger charge is -2.18. The zero-order valence-electron chi connectivity index (χ0n) is 12.5. The minimum absolute atomic E-state index is 0.112. The van der Waals surface area contributed by atoms with Crippen molar-refractivity contribution in [1.82, 2.24) is 4.90 Å². The summed E-state index contributed by atoms with van der Waals surface area (Å²) < 4.78 is 0. The van der Waals surface area contributed by atoms with Crippen LogP contribution in [0.1, 0.15) is 5.56 Å². The Kier molecular flexibility index (Phi) is 4.05. The van der Waals surface area contributed by atoms with Crippen LogP contribution in [0.2, 0.25) is 0 Å². The van der Waals surface area contributed by atoms with Gasteiger partial charge in [-0.3, -0.25) is 0 Å². The number of carbonyl (C=O) groups is 1. The SMILES string of the molecule is CN(Cc1ccccc1)C(=O)Nc1ccc2ccccc2c1. The molecule has 110 valence electrons. The predicted molar refractivity (Wildman–Crippen MR) is 90.9 cm³/mol. The first-order valence-corrected chi connectivity index (χ1v) is 7.27. The number of fused-ring (bicyclic) bond motifs is 1. The van der Waals surface area contributed by atoms with E-state index in [1.807, 2.05) is 66.7 Å². The molecular formula is C19H18N2O. The Bertz CT molecular complexity index is 784. The summed E-state index contributed by atoms with van der Waals surface area (Å²) in [5.41, 5.74) is 1.92. The van der Waals surface area contributed by atoms with Crippen LogP contribution in [0.15, 0.2) is 72.8 Å². The predicted octanol–water partition coefficient (Wildman–Crippen LogP) is 4.50. The van der Waals surface area contributed by atoms with Gasteiger partial charge in [-0.1, -0.05) is 60.7 Å². The number of benzene rings is 3. The van der Waals surface area contributed by atoms with E-state index in [1.165, 1.54) is 0 Å². The first-order chi connectivity index (χ1) is 10.7. The summed E-state index contributed by atoms with van der Waals surface area (Å²) in [6.45, 7) is 0.584. The first kappa shape index (κ1) is 14.1. The molecule has 0 aliphatic carbocycles. The Balaban J connectivity index is 1.69. The zero-order valence-corrected chi connectivity index (χ0v) is 12.5. The van der Waals surface area contributed by atoms with Crippen LogP contribution in [-0.2, 0) is 6.54 Å². The van der Waals surface area contributed by atoms with Gasteiger partial charge in [-0.05, 0) is 28.5 Å². The fourth-order valence-corrected chi connectivity index (χ4v) is 2.42. The van der Waals surface area contributed by atoms with E-state index in [2.05, 4.69) is 11.4 Å². The van der Waals surface area contributed by atoms with E-state index in [4.69, 9.17) is 0 Å². The maximum Gasteiger partial charge on any atom is 0.321 e. The van der Waals surface area contributed by atoms with Crippen LogP contribution in [0.3, 0.4) is 0 Å². The largest absolute Gasteiger partial charge is 0.323 e. The van der Waals surface area contributed by atoms with Crippen molar-refractivity contribution in [3.8, 4) is 0 Å². The van der Waals surface area contributed by atoms with Crippen LogP contribution >= 0.6 is 0 Å². The lowest BCUT2D eigenvalue weighted by molar-refractivity contribution is 0.220. The van der Waals surface area contributed by atoms with Crippen LogP contribution in [0.5, 0.6) is 0 Å². The van der Waals surface area contributed by atoms with Gasteiger partial charge in [-0.25, -0.2) is 4.79 Å². The summed E-state index contributed by atoms with van der Waals surface area (Å²) in [4.78, 5) is 13.9. The van der Waals surface area contributed by atoms with Gasteiger partial charge in [-0.2, -0.15) is 0 Å². The Morgan fingerprint density at radius 2 is 1.59 bits per heavy atom. The molecule has 0 atom stereocenters. The highest BCUT2D eigenvalue weighted by molar-refractivity contribution is 5.93. The molecular weight excluding hydrogens is 272 g/mol. The second-order valence-corrected chi connectivity index (χ2v) is 5.33. The Labute approximate surface area is 130 Å². The molecule has 0 aliphatic rings. The minimum atomic E-state index is -0.112. The van der Waals surface area contributed by atoms with Crippen LogP contribution in [0.4, 0.5) is 10.5 Å². The van der Waals surface area contributed by atoms with Gasteiger partial charge < -0.3 is 10.2 Å². The van der Waals surface area contributed by atoms with E-state index in [-0.39, 0.29) is 6.03 Å². The van der Waals surface area contributed by atoms with E-state index in [1.54, 1.807) is 11.9 Å². The minimum Gasteiger partial charge on any atom is -0.323 e. The third-order valence-electron chi connectivity index (χ3n) is 3.61. The Hall–Kier alpha value is -2.81. The lowest BCUT2D eigenvalue weighted by Crippen LogP contribution is -2.30. The topological polar surface area (TPSA) is 32.3 Å². The third-order valence-corrected chi connectivity index (χ3v) is 3.61. The van der Waals surface area contributed by atoms with Gasteiger partial charge in [0, 0.05) is 19.3 Å². The van der Waals surface area contributed by atoms with E-state index in [9.17, 15) is 4.79 Å². The smallest absolute Gasteiger partial charge is 0.321 e. The van der Waals surface area contributed by atoms with E-state index >= 15 is 0 Å². The van der Waals surface area contributed by atoms with Gasteiger partial charge in [0.15, 0.2) is 0 Å². The standard InChI is InChI=1S/C19H18N2O/c1-21(14-15-7-3-2-4-8-15)19(22)20-18-12-11-16-9-5-6-10-17(16)13-18/h2-13H,14H2,1H3,(H,20,22). The van der Waals surface area contributed by atoms with Crippen LogP contribution < -0.4 is 5.32 Å². The molecule has 0 saturated heterocycles. The zero-order chi connectivity index (χ0) is 15.4. The van der Waals surface area contributed by atoms with Crippen LogP contribution in [0.25, 0.3) is 10.8 Å². The van der Waals surface area contributed by atoms with E-state index in [0.29, 0.717) is 6.54 Å². The van der Waals surface area contributed by atoms with Crippen molar-refractivity contribution >= 4 is 22.5 Å². The normalized spacial score (nSPS) is 10.4. The van der Waals surface area contributed by atoms with Crippen molar-refractivity contribution in [2.75, 3.05) is 12.4 Å². The molecule has 2 amide bonds. The summed E-state index contributed by atoms with van der Waals surface area (Å²) >= 11 is 0. The van der Waals surface area contributed by atoms with Gasteiger partial charge in [0.1, 0.15) is 0 Å². The van der Waals surface area contributed by atoms with Gasteiger partial charge in [0.25, 0.3) is 0 Å². The van der Waals surface area contributed by atoms with Crippen molar-refractivity contribution in [3.05, 3.63) is 78.4 Å². The molecule has 3 aromatic carbocycles. The molecule has 1 N–H and O–H groups in total. The molecule has 0 aromatic heterocycles. The van der Waals surface area contributed by atoms with Crippen molar-refractivity contribution in [2.45, 2.75) is 6.54 Å². The molecule has 0 fully saturated rings. The third kappa shape index (κ3) is 3.26. The van der Waals surface area contributed by atoms with Gasteiger partial charge in [0.2, 0.25) is 0 Å². The fourth-order valence-electron chi connectivity index (χ4n) is 2.42. The molecule has 0 radical (unpaired) electrons. The average molecular weight is 290 g/mol. The monoisotopic (exact) mass is 290 g/mol. The number of hydrogen-bond donors (Lipinski definition) is 1. The Morgan fingerprint density at radius 1 is 0.909 bits per heavy atom. The molecule has 0 unspecified atom stereocenters. The number of hydrogen-bond acceptors (Lipinski definition) is 1. The van der Waals surface area contributed by atoms with Crippen LogP contribution in [0, 0.1) is 0 Å². The molecule has 3 heteroatoms. The summed E-state index contributed by atoms with van der Waals surface area (Å²) in [7, 11) is 1.80. The van der Waals surface area contributed by atoms with E-state index in [0.717, 1.165) is 22.0 Å². The first-order valence-electron chi connectivity index (χ1n) is 7.27. The van der Waals surface area contributed by atoms with Crippen molar-refractivity contribution in [1.29, 1.82) is 0 Å². The number of nitrogens with zero attached hydrogens (tertiary/aromatic N) is 1. The maximum atomic E-state index is 12.3. The van der Waals surface area contributed by atoms with Crippen LogP contribution in [-0.4, -0.2) is 18.0 Å². The molecule has 22 heavy (non-hydrogen) atoms. The summed E-state index contributed by atoms with van der Waals surface area (Å²) in [5.74, 6) is 0. The molecule has 0 heterocycles. The number of nitrogens with one attached hydrogen (secondary N) is 1. The van der Waals surface area contributed by atoms with Gasteiger partial charge >= 0.3 is 6.03 Å². The number of carbonyl (C=O) groups excluding carboxylic acids is 1. The molecule has 0 saturated carbocycles. The average Bonchev–Trinajstić information content (AvgIpc) is 2.55. The fraction of sp³-hybridized carbons (Fsp3) is 0.105. The molecule has 0 aliphatic heterocycles. The molecule has 0 bridgehead atoms. The lowest BCUT2D eigenvalue weighted by atomic mass is 10.1. The molecule has 3 nitrogen and oxygen atoms in total. The van der Waals surface area contributed by atoms with Gasteiger partial charge in [-0.15, -0.1) is 0 Å². The number of urea groups is 1. The molecule has 3 rings (SSSR count).